The molecule has 0 saturated heterocycles. The standard InChI is InChI=1S/C18H18F2N2O2/c19-18(20,16(21)13-7-2-1-3-8-13)17(23)22-11-6-12-24-15-10-5-4-9-14(15)22/h1-5,7-10,16H,6,11-12,21H2. The van der Waals surface area contributed by atoms with Crippen LogP contribution in [0.15, 0.2) is 54.6 Å². The first-order valence-electron chi connectivity index (χ1n) is 7.74. The van der Waals surface area contributed by atoms with Crippen LogP contribution in [-0.2, 0) is 4.79 Å². The Hall–Kier alpha value is -2.47. The number of nitrogens with zero attached hydrogens (tertiary/aromatic N) is 1. The summed E-state index contributed by atoms with van der Waals surface area (Å²) in [5, 5.41) is 0. The first-order chi connectivity index (χ1) is 11.5. The van der Waals surface area contributed by atoms with Gasteiger partial charge in [0, 0.05) is 6.54 Å². The van der Waals surface area contributed by atoms with E-state index in [2.05, 4.69) is 0 Å². The molecule has 6 heteroatoms. The van der Waals surface area contributed by atoms with Gasteiger partial charge in [-0.15, -0.1) is 0 Å². The predicted octanol–water partition coefficient (Wildman–Crippen LogP) is 3.14. The molecule has 4 nitrogen and oxygen atoms in total. The summed E-state index contributed by atoms with van der Waals surface area (Å²) in [6.45, 7) is 0.532. The largest absolute Gasteiger partial charge is 0.491 e. The van der Waals surface area contributed by atoms with Crippen LogP contribution >= 0.6 is 0 Å². The molecule has 0 aromatic heterocycles. The zero-order chi connectivity index (χ0) is 17.2. The Morgan fingerprint density at radius 3 is 2.54 bits per heavy atom. The quantitative estimate of drug-likeness (QED) is 0.939. The van der Waals surface area contributed by atoms with E-state index < -0.39 is 17.9 Å². The Morgan fingerprint density at radius 2 is 1.79 bits per heavy atom. The van der Waals surface area contributed by atoms with Crippen LogP contribution in [-0.4, -0.2) is 25.0 Å². The second-order valence-corrected chi connectivity index (χ2v) is 5.64. The monoisotopic (exact) mass is 332 g/mol. The van der Waals surface area contributed by atoms with Gasteiger partial charge in [0.25, 0.3) is 5.91 Å². The normalized spacial score (nSPS) is 15.9. The van der Waals surface area contributed by atoms with Gasteiger partial charge in [0.15, 0.2) is 0 Å². The van der Waals surface area contributed by atoms with Crippen molar-refractivity contribution in [1.29, 1.82) is 0 Å². The van der Waals surface area contributed by atoms with E-state index in [1.54, 1.807) is 42.5 Å². The summed E-state index contributed by atoms with van der Waals surface area (Å²) in [7, 11) is 0. The number of hydrogen-bond acceptors (Lipinski definition) is 3. The molecule has 1 atom stereocenters. The minimum atomic E-state index is -3.72. The molecule has 1 unspecified atom stereocenters. The lowest BCUT2D eigenvalue weighted by Crippen LogP contribution is -2.49. The predicted molar refractivity (Wildman–Crippen MR) is 87.2 cm³/mol. The van der Waals surface area contributed by atoms with Crippen LogP contribution in [0.2, 0.25) is 0 Å². The van der Waals surface area contributed by atoms with Crippen molar-refractivity contribution in [3.63, 3.8) is 0 Å². The highest BCUT2D eigenvalue weighted by Gasteiger charge is 2.49. The maximum absolute atomic E-state index is 14.8. The van der Waals surface area contributed by atoms with Crippen LogP contribution in [0.25, 0.3) is 0 Å². The molecular weight excluding hydrogens is 314 g/mol. The van der Waals surface area contributed by atoms with Crippen LogP contribution < -0.4 is 15.4 Å². The number of nitrogens with two attached hydrogens (primary N) is 1. The number of halogens is 2. The highest BCUT2D eigenvalue weighted by Crippen LogP contribution is 2.36. The average molecular weight is 332 g/mol. The molecule has 126 valence electrons. The molecule has 3 rings (SSSR count). The Kier molecular flexibility index (Phi) is 4.49. The van der Waals surface area contributed by atoms with Crippen LogP contribution in [0.1, 0.15) is 18.0 Å². The molecular formula is C18H18F2N2O2. The Morgan fingerprint density at radius 1 is 1.12 bits per heavy atom. The van der Waals surface area contributed by atoms with Crippen molar-refractivity contribution in [3.8, 4) is 5.75 Å². The van der Waals surface area contributed by atoms with E-state index in [0.717, 1.165) is 4.90 Å². The summed E-state index contributed by atoms with van der Waals surface area (Å²) < 4.78 is 35.0. The van der Waals surface area contributed by atoms with Crippen molar-refractivity contribution in [2.45, 2.75) is 18.4 Å². The van der Waals surface area contributed by atoms with E-state index in [1.165, 1.54) is 12.1 Å². The van der Waals surface area contributed by atoms with Crippen molar-refractivity contribution in [2.75, 3.05) is 18.1 Å². The van der Waals surface area contributed by atoms with Gasteiger partial charge in [0.1, 0.15) is 11.8 Å². The number of para-hydroxylation sites is 2. The molecule has 0 aliphatic carbocycles. The van der Waals surface area contributed by atoms with Crippen LogP contribution in [0, 0.1) is 0 Å². The summed E-state index contributed by atoms with van der Waals surface area (Å²) >= 11 is 0. The fourth-order valence-electron chi connectivity index (χ4n) is 2.72. The maximum atomic E-state index is 14.8. The van der Waals surface area contributed by atoms with Crippen molar-refractivity contribution >= 4 is 11.6 Å². The number of benzene rings is 2. The minimum Gasteiger partial charge on any atom is -0.491 e. The number of carbonyl (C=O) groups is 1. The van der Waals surface area contributed by atoms with Crippen LogP contribution in [0.4, 0.5) is 14.5 Å². The summed E-state index contributed by atoms with van der Waals surface area (Å²) in [4.78, 5) is 13.7. The van der Waals surface area contributed by atoms with E-state index >= 15 is 0 Å². The lowest BCUT2D eigenvalue weighted by atomic mass is 10.00. The number of ether oxygens (including phenoxy) is 1. The molecule has 0 bridgehead atoms. The van der Waals surface area contributed by atoms with Crippen LogP contribution in [0.5, 0.6) is 5.75 Å². The van der Waals surface area contributed by atoms with E-state index in [1.807, 2.05) is 0 Å². The third-order valence-electron chi connectivity index (χ3n) is 4.02. The molecule has 1 amide bonds. The van der Waals surface area contributed by atoms with Crippen molar-refractivity contribution in [3.05, 3.63) is 60.2 Å². The van der Waals surface area contributed by atoms with Gasteiger partial charge in [-0.3, -0.25) is 4.79 Å². The second kappa shape index (κ2) is 6.57. The topological polar surface area (TPSA) is 55.6 Å². The number of carbonyl (C=O) groups excluding carboxylic acids is 1. The van der Waals surface area contributed by atoms with Gasteiger partial charge >= 0.3 is 5.92 Å². The third-order valence-corrected chi connectivity index (χ3v) is 4.02. The van der Waals surface area contributed by atoms with Gasteiger partial charge in [0.2, 0.25) is 0 Å². The Balaban J connectivity index is 1.93. The summed E-state index contributed by atoms with van der Waals surface area (Å²) in [6.07, 6.45) is 0.469. The summed E-state index contributed by atoms with van der Waals surface area (Å²) in [6, 6.07) is 12.9. The first kappa shape index (κ1) is 16.4. The molecule has 24 heavy (non-hydrogen) atoms. The molecule has 0 spiro atoms. The molecule has 1 heterocycles. The number of anilines is 1. The molecule has 1 aliphatic rings. The average Bonchev–Trinajstić information content (AvgIpc) is 2.83. The van der Waals surface area contributed by atoms with Gasteiger partial charge in [-0.25, -0.2) is 0 Å². The lowest BCUT2D eigenvalue weighted by molar-refractivity contribution is -0.145. The highest BCUT2D eigenvalue weighted by molar-refractivity contribution is 6.00. The second-order valence-electron chi connectivity index (χ2n) is 5.64. The van der Waals surface area contributed by atoms with E-state index in [0.29, 0.717) is 24.5 Å². The Labute approximate surface area is 138 Å². The van der Waals surface area contributed by atoms with Crippen molar-refractivity contribution in [1.82, 2.24) is 0 Å². The number of alkyl halides is 2. The molecule has 1 aliphatic heterocycles. The minimum absolute atomic E-state index is 0.160. The van der Waals surface area contributed by atoms with Gasteiger partial charge in [-0.2, -0.15) is 8.78 Å². The number of fused-ring (bicyclic) bond motifs is 1. The van der Waals surface area contributed by atoms with Crippen molar-refractivity contribution < 1.29 is 18.3 Å². The smallest absolute Gasteiger partial charge is 0.343 e. The molecule has 0 radical (unpaired) electrons. The number of rotatable bonds is 3. The van der Waals surface area contributed by atoms with E-state index in [4.69, 9.17) is 10.5 Å². The van der Waals surface area contributed by atoms with Gasteiger partial charge < -0.3 is 15.4 Å². The molecule has 0 fully saturated rings. The highest BCUT2D eigenvalue weighted by atomic mass is 19.3. The lowest BCUT2D eigenvalue weighted by Gasteiger charge is -2.29. The molecule has 2 aromatic carbocycles. The fourth-order valence-corrected chi connectivity index (χ4v) is 2.72. The summed E-state index contributed by atoms with van der Waals surface area (Å²) in [5.41, 5.74) is 6.28. The molecule has 2 aromatic rings. The van der Waals surface area contributed by atoms with E-state index in [-0.39, 0.29) is 12.1 Å². The zero-order valence-electron chi connectivity index (χ0n) is 13.0. The molecule has 2 N–H and O–H groups in total. The Bertz CT molecular complexity index is 722. The molecule has 0 saturated carbocycles. The van der Waals surface area contributed by atoms with Gasteiger partial charge in [-0.1, -0.05) is 42.5 Å². The van der Waals surface area contributed by atoms with Gasteiger partial charge in [-0.05, 0) is 24.1 Å². The first-order valence-corrected chi connectivity index (χ1v) is 7.74. The number of amides is 1. The SMILES string of the molecule is NC(c1ccccc1)C(F)(F)C(=O)N1CCCOc2ccccc21. The fraction of sp³-hybridized carbons (Fsp3) is 0.278. The maximum Gasteiger partial charge on any atom is 0.343 e. The zero-order valence-corrected chi connectivity index (χ0v) is 13.0. The van der Waals surface area contributed by atoms with Crippen molar-refractivity contribution in [2.24, 2.45) is 5.73 Å². The van der Waals surface area contributed by atoms with Gasteiger partial charge in [0.05, 0.1) is 12.3 Å². The van der Waals surface area contributed by atoms with E-state index in [9.17, 15) is 13.6 Å². The summed E-state index contributed by atoms with van der Waals surface area (Å²) in [5.74, 6) is -4.61. The van der Waals surface area contributed by atoms with Crippen LogP contribution in [0.3, 0.4) is 0 Å². The number of hydrogen-bond donors (Lipinski definition) is 1. The third kappa shape index (κ3) is 2.97.